The number of morpholine rings is 1. The lowest BCUT2D eigenvalue weighted by Crippen LogP contribution is -2.37. The molecule has 2 fully saturated rings. The van der Waals surface area contributed by atoms with Gasteiger partial charge >= 0.3 is 0 Å². The first kappa shape index (κ1) is 17.1. The average Bonchev–Trinajstić information content (AvgIpc) is 3.11. The lowest BCUT2D eigenvalue weighted by atomic mass is 10.2. The largest absolute Gasteiger partial charge is 0.378 e. The number of anilines is 2. The molecule has 2 saturated heterocycles. The van der Waals surface area contributed by atoms with Crippen molar-refractivity contribution in [3.05, 3.63) is 42.1 Å². The molecule has 0 bridgehead atoms. The molecular formula is C18H23FN6O. The van der Waals surface area contributed by atoms with E-state index >= 15 is 0 Å². The number of nitrogens with one attached hydrogen (secondary N) is 1. The topological polar surface area (TPSA) is 66.4 Å². The van der Waals surface area contributed by atoms with Crippen LogP contribution in [0.3, 0.4) is 0 Å². The molecule has 0 radical (unpaired) electrons. The maximum absolute atomic E-state index is 13.8. The van der Waals surface area contributed by atoms with Gasteiger partial charge in [-0.05, 0) is 18.6 Å². The zero-order chi connectivity index (χ0) is 17.8. The maximum atomic E-state index is 13.8. The third kappa shape index (κ3) is 4.08. The van der Waals surface area contributed by atoms with E-state index in [1.54, 1.807) is 18.5 Å². The van der Waals surface area contributed by atoms with Crippen LogP contribution in [-0.4, -0.2) is 65.3 Å². The lowest BCUT2D eigenvalue weighted by molar-refractivity contribution is 0.122. The highest BCUT2D eigenvalue weighted by Gasteiger charge is 2.24. The molecule has 2 aromatic rings. The summed E-state index contributed by atoms with van der Waals surface area (Å²) in [4.78, 5) is 17.2. The Kier molecular flexibility index (Phi) is 5.21. The van der Waals surface area contributed by atoms with Crippen molar-refractivity contribution >= 4 is 11.8 Å². The van der Waals surface area contributed by atoms with Gasteiger partial charge in [-0.25, -0.2) is 9.37 Å². The smallest absolute Gasteiger partial charge is 0.227 e. The molecule has 0 amide bonds. The van der Waals surface area contributed by atoms with E-state index in [2.05, 4.69) is 30.1 Å². The van der Waals surface area contributed by atoms with Crippen molar-refractivity contribution in [1.82, 2.24) is 19.9 Å². The zero-order valence-corrected chi connectivity index (χ0v) is 14.6. The van der Waals surface area contributed by atoms with Gasteiger partial charge in [0.2, 0.25) is 5.95 Å². The highest BCUT2D eigenvalue weighted by atomic mass is 19.1. The van der Waals surface area contributed by atoms with Crippen molar-refractivity contribution in [3.63, 3.8) is 0 Å². The van der Waals surface area contributed by atoms with Gasteiger partial charge in [-0.1, -0.05) is 0 Å². The number of pyridine rings is 1. The van der Waals surface area contributed by atoms with Crippen molar-refractivity contribution in [3.8, 4) is 0 Å². The van der Waals surface area contributed by atoms with Crippen LogP contribution in [0.4, 0.5) is 16.2 Å². The van der Waals surface area contributed by atoms with Crippen LogP contribution < -0.4 is 10.2 Å². The van der Waals surface area contributed by atoms with Gasteiger partial charge in [0.1, 0.15) is 11.6 Å². The molecule has 1 atom stereocenters. The Balaban J connectivity index is 1.34. The summed E-state index contributed by atoms with van der Waals surface area (Å²) >= 11 is 0. The summed E-state index contributed by atoms with van der Waals surface area (Å²) in [5, 5.41) is 3.49. The standard InChI is InChI=1S/C18H23FN6O/c19-16-11-20-4-1-14(16)12-24-6-3-15(13-24)22-17-2-5-21-18(23-17)25-7-9-26-10-8-25/h1-2,4-5,11,15H,3,6-10,12-13H2,(H,21,22,23). The van der Waals surface area contributed by atoms with E-state index in [0.717, 1.165) is 44.4 Å². The molecule has 2 aromatic heterocycles. The third-order valence-corrected chi connectivity index (χ3v) is 4.81. The van der Waals surface area contributed by atoms with Gasteiger partial charge in [-0.15, -0.1) is 0 Å². The molecule has 2 aliphatic heterocycles. The van der Waals surface area contributed by atoms with Crippen LogP contribution >= 0.6 is 0 Å². The summed E-state index contributed by atoms with van der Waals surface area (Å²) in [6.07, 6.45) is 5.70. The molecule has 8 heteroatoms. The second kappa shape index (κ2) is 7.92. The molecule has 2 aliphatic rings. The third-order valence-electron chi connectivity index (χ3n) is 4.81. The van der Waals surface area contributed by atoms with Crippen molar-refractivity contribution in [1.29, 1.82) is 0 Å². The fraction of sp³-hybridized carbons (Fsp3) is 0.500. The normalized spacial score (nSPS) is 21.1. The van der Waals surface area contributed by atoms with Crippen LogP contribution in [-0.2, 0) is 11.3 Å². The number of hydrogen-bond donors (Lipinski definition) is 1. The van der Waals surface area contributed by atoms with E-state index in [9.17, 15) is 4.39 Å². The predicted molar refractivity (Wildman–Crippen MR) is 96.6 cm³/mol. The van der Waals surface area contributed by atoms with Crippen LogP contribution in [0.1, 0.15) is 12.0 Å². The van der Waals surface area contributed by atoms with E-state index in [-0.39, 0.29) is 5.82 Å². The number of ether oxygens (including phenoxy) is 1. The average molecular weight is 358 g/mol. The van der Waals surface area contributed by atoms with E-state index < -0.39 is 0 Å². The Morgan fingerprint density at radius 2 is 2.08 bits per heavy atom. The monoisotopic (exact) mass is 358 g/mol. The summed E-state index contributed by atoms with van der Waals surface area (Å²) in [6.45, 7) is 5.46. The second-order valence-electron chi connectivity index (χ2n) is 6.67. The van der Waals surface area contributed by atoms with Gasteiger partial charge in [-0.3, -0.25) is 9.88 Å². The summed E-state index contributed by atoms with van der Waals surface area (Å²) in [5.41, 5.74) is 0.692. The first-order valence-electron chi connectivity index (χ1n) is 9.01. The second-order valence-corrected chi connectivity index (χ2v) is 6.67. The molecule has 7 nitrogen and oxygen atoms in total. The van der Waals surface area contributed by atoms with E-state index in [1.807, 2.05) is 6.07 Å². The summed E-state index contributed by atoms with van der Waals surface area (Å²) in [7, 11) is 0. The maximum Gasteiger partial charge on any atom is 0.227 e. The molecule has 138 valence electrons. The summed E-state index contributed by atoms with van der Waals surface area (Å²) in [6, 6.07) is 3.94. The minimum absolute atomic E-state index is 0.241. The molecule has 0 saturated carbocycles. The Labute approximate surface area is 152 Å². The molecule has 0 aliphatic carbocycles. The molecular weight excluding hydrogens is 335 g/mol. The van der Waals surface area contributed by atoms with Gasteiger partial charge in [-0.2, -0.15) is 4.98 Å². The Bertz CT molecular complexity index is 739. The number of nitrogens with zero attached hydrogens (tertiary/aromatic N) is 5. The fourth-order valence-corrected chi connectivity index (χ4v) is 3.42. The van der Waals surface area contributed by atoms with Crippen LogP contribution in [0.5, 0.6) is 0 Å². The number of halogens is 1. The van der Waals surface area contributed by atoms with Gasteiger partial charge in [0.05, 0.1) is 19.4 Å². The lowest BCUT2D eigenvalue weighted by Gasteiger charge is -2.27. The quantitative estimate of drug-likeness (QED) is 0.869. The van der Waals surface area contributed by atoms with Gasteiger partial charge in [0.25, 0.3) is 0 Å². The highest BCUT2D eigenvalue weighted by Crippen LogP contribution is 2.19. The minimum atomic E-state index is -0.241. The summed E-state index contributed by atoms with van der Waals surface area (Å²) < 4.78 is 19.2. The van der Waals surface area contributed by atoms with Crippen molar-refractivity contribution < 1.29 is 9.13 Å². The number of likely N-dealkylation sites (tertiary alicyclic amines) is 1. The molecule has 4 heterocycles. The summed E-state index contributed by atoms with van der Waals surface area (Å²) in [5.74, 6) is 1.34. The van der Waals surface area contributed by atoms with Crippen LogP contribution in [0.15, 0.2) is 30.7 Å². The van der Waals surface area contributed by atoms with Gasteiger partial charge in [0.15, 0.2) is 0 Å². The van der Waals surface area contributed by atoms with Crippen molar-refractivity contribution in [2.24, 2.45) is 0 Å². The molecule has 0 spiro atoms. The first-order valence-corrected chi connectivity index (χ1v) is 9.01. The number of hydrogen-bond acceptors (Lipinski definition) is 7. The number of rotatable bonds is 5. The zero-order valence-electron chi connectivity index (χ0n) is 14.6. The van der Waals surface area contributed by atoms with Crippen molar-refractivity contribution in [2.45, 2.75) is 19.0 Å². The Hall–Kier alpha value is -2.32. The molecule has 26 heavy (non-hydrogen) atoms. The van der Waals surface area contributed by atoms with Gasteiger partial charge < -0.3 is 15.0 Å². The fourth-order valence-electron chi connectivity index (χ4n) is 3.42. The molecule has 1 unspecified atom stereocenters. The van der Waals surface area contributed by atoms with Crippen LogP contribution in [0.25, 0.3) is 0 Å². The van der Waals surface area contributed by atoms with E-state index in [0.29, 0.717) is 31.4 Å². The van der Waals surface area contributed by atoms with E-state index in [4.69, 9.17) is 4.74 Å². The van der Waals surface area contributed by atoms with Crippen LogP contribution in [0, 0.1) is 5.82 Å². The van der Waals surface area contributed by atoms with Gasteiger partial charge in [0, 0.05) is 56.7 Å². The predicted octanol–water partition coefficient (Wildman–Crippen LogP) is 1.53. The van der Waals surface area contributed by atoms with Crippen molar-refractivity contribution in [2.75, 3.05) is 49.6 Å². The molecule has 1 N–H and O–H groups in total. The molecule has 0 aromatic carbocycles. The highest BCUT2D eigenvalue weighted by molar-refractivity contribution is 5.42. The number of aromatic nitrogens is 3. The first-order chi connectivity index (χ1) is 12.8. The molecule has 4 rings (SSSR count). The Morgan fingerprint density at radius 1 is 1.19 bits per heavy atom. The van der Waals surface area contributed by atoms with E-state index in [1.165, 1.54) is 6.20 Å². The minimum Gasteiger partial charge on any atom is -0.378 e. The SMILES string of the molecule is Fc1cnccc1CN1CCC(Nc2ccnc(N3CCOCC3)n2)C1. The Morgan fingerprint density at radius 3 is 2.92 bits per heavy atom. The van der Waals surface area contributed by atoms with Crippen LogP contribution in [0.2, 0.25) is 0 Å².